The number of hydrogen-bond donors (Lipinski definition) is 1. The molecule has 118 valence electrons. The van der Waals surface area contributed by atoms with Crippen molar-refractivity contribution in [1.82, 2.24) is 0 Å². The molecule has 1 N–H and O–H groups in total. The number of halogens is 1. The molecule has 0 saturated heterocycles. The van der Waals surface area contributed by atoms with Crippen molar-refractivity contribution < 1.29 is 9.47 Å². The highest BCUT2D eigenvalue weighted by molar-refractivity contribution is 6.32. The van der Waals surface area contributed by atoms with Gasteiger partial charge in [-0.25, -0.2) is 0 Å². The van der Waals surface area contributed by atoms with Crippen LogP contribution in [0, 0.1) is 13.8 Å². The normalized spacial score (nSPS) is 10.4. The van der Waals surface area contributed by atoms with Crippen molar-refractivity contribution in [3.63, 3.8) is 0 Å². The smallest absolute Gasteiger partial charge is 0.179 e. The van der Waals surface area contributed by atoms with Crippen LogP contribution in [0.4, 0.5) is 5.69 Å². The van der Waals surface area contributed by atoms with Crippen LogP contribution in [-0.2, 0) is 6.54 Å². The van der Waals surface area contributed by atoms with Gasteiger partial charge in [0.1, 0.15) is 0 Å². The maximum absolute atomic E-state index is 6.27. The SMILES string of the molecule is CCOc1cc(CNc2ccc(C)cc2C)cc(Cl)c1OC. The second kappa shape index (κ2) is 7.41. The van der Waals surface area contributed by atoms with E-state index in [1.54, 1.807) is 7.11 Å². The Kier molecular flexibility index (Phi) is 5.56. The predicted molar refractivity (Wildman–Crippen MR) is 92.4 cm³/mol. The molecule has 0 saturated carbocycles. The Balaban J connectivity index is 2.19. The van der Waals surface area contributed by atoms with Crippen molar-refractivity contribution in [2.75, 3.05) is 19.0 Å². The van der Waals surface area contributed by atoms with Gasteiger partial charge in [0.25, 0.3) is 0 Å². The zero-order valence-corrected chi connectivity index (χ0v) is 14.3. The molecule has 4 heteroatoms. The van der Waals surface area contributed by atoms with Crippen LogP contribution in [0.1, 0.15) is 23.6 Å². The number of nitrogens with one attached hydrogen (secondary N) is 1. The summed E-state index contributed by atoms with van der Waals surface area (Å²) in [4.78, 5) is 0. The lowest BCUT2D eigenvalue weighted by Gasteiger charge is -2.15. The molecule has 3 nitrogen and oxygen atoms in total. The number of hydrogen-bond acceptors (Lipinski definition) is 3. The summed E-state index contributed by atoms with van der Waals surface area (Å²) in [6, 6.07) is 10.2. The molecule has 0 atom stereocenters. The highest BCUT2D eigenvalue weighted by atomic mass is 35.5. The molecule has 0 fully saturated rings. The maximum Gasteiger partial charge on any atom is 0.179 e. The Morgan fingerprint density at radius 2 is 1.91 bits per heavy atom. The van der Waals surface area contributed by atoms with Crippen LogP contribution in [0.2, 0.25) is 5.02 Å². The summed E-state index contributed by atoms with van der Waals surface area (Å²) in [5, 5.41) is 4.00. The Morgan fingerprint density at radius 1 is 1.14 bits per heavy atom. The topological polar surface area (TPSA) is 30.5 Å². The lowest BCUT2D eigenvalue weighted by Crippen LogP contribution is -2.03. The molecule has 0 radical (unpaired) electrons. The quantitative estimate of drug-likeness (QED) is 0.814. The molecule has 0 aliphatic heterocycles. The van der Waals surface area contributed by atoms with Gasteiger partial charge in [-0.1, -0.05) is 29.3 Å². The average Bonchev–Trinajstić information content (AvgIpc) is 2.46. The molecule has 0 spiro atoms. The lowest BCUT2D eigenvalue weighted by molar-refractivity contribution is 0.310. The van der Waals surface area contributed by atoms with Gasteiger partial charge >= 0.3 is 0 Å². The minimum atomic E-state index is 0.561. The Morgan fingerprint density at radius 3 is 2.55 bits per heavy atom. The molecule has 0 unspecified atom stereocenters. The number of methoxy groups -OCH3 is 1. The third kappa shape index (κ3) is 3.86. The van der Waals surface area contributed by atoms with Crippen LogP contribution in [-0.4, -0.2) is 13.7 Å². The van der Waals surface area contributed by atoms with Gasteiger partial charge in [0.15, 0.2) is 11.5 Å². The molecule has 0 aromatic heterocycles. The van der Waals surface area contributed by atoms with E-state index in [0.29, 0.717) is 29.7 Å². The van der Waals surface area contributed by atoms with Crippen LogP contribution < -0.4 is 14.8 Å². The highest BCUT2D eigenvalue weighted by Crippen LogP contribution is 2.36. The van der Waals surface area contributed by atoms with Gasteiger partial charge in [-0.15, -0.1) is 0 Å². The summed E-state index contributed by atoms with van der Waals surface area (Å²) >= 11 is 6.27. The van der Waals surface area contributed by atoms with Gasteiger partial charge in [0, 0.05) is 12.2 Å². The number of ether oxygens (including phenoxy) is 2. The predicted octanol–water partition coefficient (Wildman–Crippen LogP) is 4.98. The molecule has 0 amide bonds. The molecule has 0 aliphatic carbocycles. The van der Waals surface area contributed by atoms with E-state index in [1.165, 1.54) is 11.1 Å². The first kappa shape index (κ1) is 16.5. The molecule has 2 rings (SSSR count). The molecular weight excluding hydrogens is 298 g/mol. The van der Waals surface area contributed by atoms with Crippen molar-refractivity contribution in [3.05, 3.63) is 52.0 Å². The number of aryl methyl sites for hydroxylation is 2. The monoisotopic (exact) mass is 319 g/mol. The summed E-state index contributed by atoms with van der Waals surface area (Å²) in [7, 11) is 1.59. The summed E-state index contributed by atoms with van der Waals surface area (Å²) in [6.45, 7) is 7.37. The largest absolute Gasteiger partial charge is 0.491 e. The van der Waals surface area contributed by atoms with Crippen molar-refractivity contribution in [2.24, 2.45) is 0 Å². The minimum Gasteiger partial charge on any atom is -0.491 e. The first-order valence-electron chi connectivity index (χ1n) is 7.35. The Bertz CT molecular complexity index is 656. The maximum atomic E-state index is 6.27. The van der Waals surface area contributed by atoms with Crippen LogP contribution in [0.25, 0.3) is 0 Å². The molecule has 0 heterocycles. The second-order valence-corrected chi connectivity index (χ2v) is 5.62. The fourth-order valence-electron chi connectivity index (χ4n) is 2.39. The zero-order chi connectivity index (χ0) is 16.1. The van der Waals surface area contributed by atoms with Crippen LogP contribution >= 0.6 is 11.6 Å². The van der Waals surface area contributed by atoms with Crippen molar-refractivity contribution in [3.8, 4) is 11.5 Å². The number of anilines is 1. The molecule has 22 heavy (non-hydrogen) atoms. The van der Waals surface area contributed by atoms with Crippen LogP contribution in [0.15, 0.2) is 30.3 Å². The second-order valence-electron chi connectivity index (χ2n) is 5.21. The van der Waals surface area contributed by atoms with E-state index >= 15 is 0 Å². The highest BCUT2D eigenvalue weighted by Gasteiger charge is 2.11. The van der Waals surface area contributed by atoms with Gasteiger partial charge < -0.3 is 14.8 Å². The van der Waals surface area contributed by atoms with E-state index in [-0.39, 0.29) is 0 Å². The fraction of sp³-hybridized carbons (Fsp3) is 0.333. The third-order valence-corrected chi connectivity index (χ3v) is 3.72. The molecule has 2 aromatic carbocycles. The zero-order valence-electron chi connectivity index (χ0n) is 13.5. The van der Waals surface area contributed by atoms with Crippen molar-refractivity contribution >= 4 is 17.3 Å². The van der Waals surface area contributed by atoms with Gasteiger partial charge in [-0.05, 0) is 50.1 Å². The Hall–Kier alpha value is -1.87. The first-order chi connectivity index (χ1) is 10.5. The summed E-state index contributed by atoms with van der Waals surface area (Å²) < 4.78 is 10.9. The number of benzene rings is 2. The van der Waals surface area contributed by atoms with E-state index in [1.807, 2.05) is 19.1 Å². The van der Waals surface area contributed by atoms with Gasteiger partial charge in [-0.2, -0.15) is 0 Å². The molecule has 0 bridgehead atoms. The molecule has 2 aromatic rings. The van der Waals surface area contributed by atoms with Crippen molar-refractivity contribution in [1.29, 1.82) is 0 Å². The first-order valence-corrected chi connectivity index (χ1v) is 7.73. The standard InChI is InChI=1S/C18H22ClNO2/c1-5-22-17-10-14(9-15(19)18(17)21-4)11-20-16-7-6-12(2)8-13(16)3/h6-10,20H,5,11H2,1-4H3. The summed E-state index contributed by atoms with van der Waals surface area (Å²) in [6.07, 6.45) is 0. The lowest BCUT2D eigenvalue weighted by atomic mass is 10.1. The Labute approximate surface area is 137 Å². The number of rotatable bonds is 6. The van der Waals surface area contributed by atoms with E-state index in [9.17, 15) is 0 Å². The van der Waals surface area contributed by atoms with Crippen molar-refractivity contribution in [2.45, 2.75) is 27.3 Å². The summed E-state index contributed by atoms with van der Waals surface area (Å²) in [5.74, 6) is 1.26. The van der Waals surface area contributed by atoms with Gasteiger partial charge in [-0.3, -0.25) is 0 Å². The van der Waals surface area contributed by atoms with Gasteiger partial charge in [0.05, 0.1) is 18.7 Å². The fourth-order valence-corrected chi connectivity index (χ4v) is 2.70. The van der Waals surface area contributed by atoms with Crippen LogP contribution in [0.5, 0.6) is 11.5 Å². The minimum absolute atomic E-state index is 0.561. The van der Waals surface area contributed by atoms with Crippen LogP contribution in [0.3, 0.4) is 0 Å². The van der Waals surface area contributed by atoms with E-state index < -0.39 is 0 Å². The third-order valence-electron chi connectivity index (χ3n) is 3.44. The summed E-state index contributed by atoms with van der Waals surface area (Å²) in [5.41, 5.74) is 4.66. The van der Waals surface area contributed by atoms with E-state index in [0.717, 1.165) is 11.3 Å². The average molecular weight is 320 g/mol. The molecule has 0 aliphatic rings. The molecular formula is C18H22ClNO2. The van der Waals surface area contributed by atoms with E-state index in [4.69, 9.17) is 21.1 Å². The van der Waals surface area contributed by atoms with Gasteiger partial charge in [0.2, 0.25) is 0 Å². The van der Waals surface area contributed by atoms with E-state index in [2.05, 4.69) is 37.4 Å².